The van der Waals surface area contributed by atoms with Crippen LogP contribution in [0.1, 0.15) is 24.4 Å². The van der Waals surface area contributed by atoms with E-state index in [0.717, 1.165) is 12.1 Å². The number of nitrogens with one attached hydrogen (secondary N) is 1. The van der Waals surface area contributed by atoms with Gasteiger partial charge in [0.1, 0.15) is 0 Å². The lowest BCUT2D eigenvalue weighted by Gasteiger charge is -2.22. The lowest BCUT2D eigenvalue weighted by molar-refractivity contribution is -0.122. The van der Waals surface area contributed by atoms with Crippen molar-refractivity contribution in [1.29, 1.82) is 0 Å². The van der Waals surface area contributed by atoms with Crippen LogP contribution in [-0.4, -0.2) is 43.2 Å². The molecule has 0 aliphatic rings. The van der Waals surface area contributed by atoms with E-state index in [0.29, 0.717) is 12.8 Å². The number of carbonyl (C=O) groups excluding carboxylic acids is 1. The van der Waals surface area contributed by atoms with Crippen LogP contribution in [0.15, 0.2) is 30.3 Å². The highest BCUT2D eigenvalue weighted by molar-refractivity contribution is 5.76. The highest BCUT2D eigenvalue weighted by atomic mass is 16.3. The summed E-state index contributed by atoms with van der Waals surface area (Å²) in [4.78, 5) is 13.8. The maximum absolute atomic E-state index is 11.7. The SMILES string of the molecule is CN(C)CC(NC(=O)CCCO)c1ccccc1. The van der Waals surface area contributed by atoms with Crippen molar-refractivity contribution in [3.8, 4) is 0 Å². The van der Waals surface area contributed by atoms with E-state index < -0.39 is 0 Å². The van der Waals surface area contributed by atoms with Crippen LogP contribution in [0.3, 0.4) is 0 Å². The molecule has 100 valence electrons. The predicted octanol–water partition coefficient (Wildman–Crippen LogP) is 1.18. The van der Waals surface area contributed by atoms with Gasteiger partial charge in [-0.15, -0.1) is 0 Å². The first-order valence-corrected chi connectivity index (χ1v) is 6.23. The Labute approximate surface area is 109 Å². The third-order valence-corrected chi connectivity index (χ3v) is 2.65. The molecule has 0 fully saturated rings. The zero-order valence-corrected chi connectivity index (χ0v) is 11.1. The molecule has 4 nitrogen and oxygen atoms in total. The second-order valence-electron chi connectivity index (χ2n) is 4.62. The van der Waals surface area contributed by atoms with E-state index >= 15 is 0 Å². The summed E-state index contributed by atoms with van der Waals surface area (Å²) in [5.41, 5.74) is 1.10. The smallest absolute Gasteiger partial charge is 0.220 e. The number of rotatable bonds is 7. The fourth-order valence-corrected chi connectivity index (χ4v) is 1.79. The van der Waals surface area contributed by atoms with Gasteiger partial charge in [0.25, 0.3) is 0 Å². The average Bonchev–Trinajstić information content (AvgIpc) is 2.36. The third kappa shape index (κ3) is 5.29. The maximum atomic E-state index is 11.7. The van der Waals surface area contributed by atoms with Crippen molar-refractivity contribution in [1.82, 2.24) is 10.2 Å². The highest BCUT2D eigenvalue weighted by Gasteiger charge is 2.14. The first-order valence-electron chi connectivity index (χ1n) is 6.23. The minimum absolute atomic E-state index is 0.00704. The number of aliphatic hydroxyl groups is 1. The lowest BCUT2D eigenvalue weighted by Crippen LogP contribution is -2.35. The number of hydrogen-bond acceptors (Lipinski definition) is 3. The van der Waals surface area contributed by atoms with Gasteiger partial charge in [0.2, 0.25) is 5.91 Å². The van der Waals surface area contributed by atoms with Crippen LogP contribution in [0.5, 0.6) is 0 Å². The van der Waals surface area contributed by atoms with E-state index in [2.05, 4.69) is 5.32 Å². The molecule has 1 atom stereocenters. The van der Waals surface area contributed by atoms with Crippen molar-refractivity contribution in [2.45, 2.75) is 18.9 Å². The molecule has 1 amide bonds. The molecule has 1 aromatic carbocycles. The Bertz CT molecular complexity index is 352. The number of aliphatic hydroxyl groups excluding tert-OH is 1. The van der Waals surface area contributed by atoms with Crippen molar-refractivity contribution in [2.75, 3.05) is 27.2 Å². The molecule has 0 aliphatic carbocycles. The first kappa shape index (κ1) is 14.7. The van der Waals surface area contributed by atoms with Gasteiger partial charge in [-0.05, 0) is 26.1 Å². The summed E-state index contributed by atoms with van der Waals surface area (Å²) in [6.07, 6.45) is 0.878. The monoisotopic (exact) mass is 250 g/mol. The number of benzene rings is 1. The minimum atomic E-state index is -0.0141. The number of amides is 1. The van der Waals surface area contributed by atoms with E-state index in [1.54, 1.807) is 0 Å². The molecular weight excluding hydrogens is 228 g/mol. The van der Waals surface area contributed by atoms with E-state index in [4.69, 9.17) is 5.11 Å². The van der Waals surface area contributed by atoms with Gasteiger partial charge in [-0.1, -0.05) is 30.3 Å². The summed E-state index contributed by atoms with van der Waals surface area (Å²) in [5, 5.41) is 11.7. The van der Waals surface area contributed by atoms with Crippen LogP contribution in [0.2, 0.25) is 0 Å². The zero-order valence-electron chi connectivity index (χ0n) is 11.1. The number of likely N-dealkylation sites (N-methyl/N-ethyl adjacent to an activating group) is 1. The Morgan fingerprint density at radius 2 is 2.00 bits per heavy atom. The summed E-state index contributed by atoms with van der Waals surface area (Å²) in [7, 11) is 3.96. The predicted molar refractivity (Wildman–Crippen MR) is 72.2 cm³/mol. The molecule has 0 radical (unpaired) electrons. The topological polar surface area (TPSA) is 52.6 Å². The Morgan fingerprint density at radius 3 is 2.56 bits per heavy atom. The summed E-state index contributed by atoms with van der Waals surface area (Å²) in [5.74, 6) is -0.0141. The van der Waals surface area contributed by atoms with E-state index in [9.17, 15) is 4.79 Å². The second-order valence-corrected chi connectivity index (χ2v) is 4.62. The molecule has 0 saturated carbocycles. The maximum Gasteiger partial charge on any atom is 0.220 e. The minimum Gasteiger partial charge on any atom is -0.396 e. The van der Waals surface area contributed by atoms with Crippen molar-refractivity contribution in [3.63, 3.8) is 0 Å². The summed E-state index contributed by atoms with van der Waals surface area (Å²) >= 11 is 0. The van der Waals surface area contributed by atoms with E-state index in [1.165, 1.54) is 0 Å². The summed E-state index contributed by atoms with van der Waals surface area (Å²) < 4.78 is 0. The van der Waals surface area contributed by atoms with Crippen LogP contribution in [0.4, 0.5) is 0 Å². The van der Waals surface area contributed by atoms with Crippen molar-refractivity contribution >= 4 is 5.91 Å². The first-order chi connectivity index (χ1) is 8.63. The molecule has 0 aromatic heterocycles. The standard InChI is InChI=1S/C14H22N2O2/c1-16(2)11-13(12-7-4-3-5-8-12)15-14(18)9-6-10-17/h3-5,7-8,13,17H,6,9-11H2,1-2H3,(H,15,18). The molecule has 0 aliphatic heterocycles. The Balaban J connectivity index is 2.64. The van der Waals surface area contributed by atoms with Crippen LogP contribution >= 0.6 is 0 Å². The van der Waals surface area contributed by atoms with Gasteiger partial charge < -0.3 is 15.3 Å². The second kappa shape index (κ2) is 7.84. The van der Waals surface area contributed by atoms with Crippen LogP contribution < -0.4 is 5.32 Å². The number of carbonyl (C=O) groups is 1. The molecule has 0 bridgehead atoms. The molecule has 1 unspecified atom stereocenters. The quantitative estimate of drug-likeness (QED) is 0.764. The fourth-order valence-electron chi connectivity index (χ4n) is 1.79. The molecule has 0 spiro atoms. The Kier molecular flexibility index (Phi) is 6.39. The Hall–Kier alpha value is -1.39. The van der Waals surface area contributed by atoms with Gasteiger partial charge >= 0.3 is 0 Å². The zero-order chi connectivity index (χ0) is 13.4. The van der Waals surface area contributed by atoms with Crippen LogP contribution in [0.25, 0.3) is 0 Å². The molecule has 0 heterocycles. The third-order valence-electron chi connectivity index (χ3n) is 2.65. The van der Waals surface area contributed by atoms with Crippen molar-refractivity contribution in [2.24, 2.45) is 0 Å². The average molecular weight is 250 g/mol. The van der Waals surface area contributed by atoms with Gasteiger partial charge in [0.05, 0.1) is 6.04 Å². The number of hydrogen-bond donors (Lipinski definition) is 2. The Morgan fingerprint density at radius 1 is 1.33 bits per heavy atom. The largest absolute Gasteiger partial charge is 0.396 e. The lowest BCUT2D eigenvalue weighted by atomic mass is 10.1. The highest BCUT2D eigenvalue weighted by Crippen LogP contribution is 2.13. The molecule has 1 aromatic rings. The fraction of sp³-hybridized carbons (Fsp3) is 0.500. The molecule has 0 saturated heterocycles. The van der Waals surface area contributed by atoms with Gasteiger partial charge in [-0.25, -0.2) is 0 Å². The van der Waals surface area contributed by atoms with Gasteiger partial charge in [-0.2, -0.15) is 0 Å². The van der Waals surface area contributed by atoms with E-state index in [1.807, 2.05) is 49.3 Å². The summed E-state index contributed by atoms with van der Waals surface area (Å²) in [6.45, 7) is 0.811. The van der Waals surface area contributed by atoms with Gasteiger partial charge in [-0.3, -0.25) is 4.79 Å². The molecule has 4 heteroatoms. The molecule has 1 rings (SSSR count). The summed E-state index contributed by atoms with van der Waals surface area (Å²) in [6, 6.07) is 9.92. The number of nitrogens with zero attached hydrogens (tertiary/aromatic N) is 1. The van der Waals surface area contributed by atoms with Crippen molar-refractivity contribution in [3.05, 3.63) is 35.9 Å². The van der Waals surface area contributed by atoms with Crippen molar-refractivity contribution < 1.29 is 9.90 Å². The molecule has 2 N–H and O–H groups in total. The van der Waals surface area contributed by atoms with Gasteiger partial charge in [0.15, 0.2) is 0 Å². The van der Waals surface area contributed by atoms with E-state index in [-0.39, 0.29) is 18.6 Å². The van der Waals surface area contributed by atoms with Crippen LogP contribution in [0, 0.1) is 0 Å². The van der Waals surface area contributed by atoms with Crippen LogP contribution in [-0.2, 0) is 4.79 Å². The normalized spacial score (nSPS) is 12.4. The molecule has 18 heavy (non-hydrogen) atoms. The molecular formula is C14H22N2O2. The van der Waals surface area contributed by atoms with Gasteiger partial charge in [0, 0.05) is 19.6 Å².